The highest BCUT2D eigenvalue weighted by molar-refractivity contribution is 7.84. The molecule has 0 amide bonds. The Morgan fingerprint density at radius 2 is 2.07 bits per heavy atom. The van der Waals surface area contributed by atoms with Crippen LogP contribution in [0.5, 0.6) is 0 Å². The van der Waals surface area contributed by atoms with Crippen LogP contribution in [0.4, 0.5) is 0 Å². The van der Waals surface area contributed by atoms with E-state index in [0.29, 0.717) is 0 Å². The average molecular weight is 234 g/mol. The van der Waals surface area contributed by atoms with Gasteiger partial charge in [-0.15, -0.1) is 0 Å². The minimum Gasteiger partial charge on any atom is -0.379 e. The molecule has 5 heteroatoms. The predicted octanol–water partition coefficient (Wildman–Crippen LogP) is -0.323. The third-order valence-corrected chi connectivity index (χ3v) is 3.36. The van der Waals surface area contributed by atoms with E-state index in [0.717, 1.165) is 58.1 Å². The number of morpholine rings is 1. The van der Waals surface area contributed by atoms with E-state index in [-0.39, 0.29) is 0 Å². The Morgan fingerprint density at radius 1 is 1.33 bits per heavy atom. The van der Waals surface area contributed by atoms with Crippen molar-refractivity contribution in [3.8, 4) is 0 Å². The van der Waals surface area contributed by atoms with Gasteiger partial charge in [0.25, 0.3) is 0 Å². The summed E-state index contributed by atoms with van der Waals surface area (Å²) < 4.78 is 16.1. The van der Waals surface area contributed by atoms with Crippen LogP contribution in [0.15, 0.2) is 0 Å². The van der Waals surface area contributed by atoms with Crippen LogP contribution in [0, 0.1) is 0 Å². The third-order valence-electron chi connectivity index (χ3n) is 2.49. The second-order valence-electron chi connectivity index (χ2n) is 3.83. The molecule has 1 N–H and O–H groups in total. The van der Waals surface area contributed by atoms with E-state index >= 15 is 0 Å². The molecule has 0 aromatic carbocycles. The van der Waals surface area contributed by atoms with Crippen molar-refractivity contribution in [3.05, 3.63) is 0 Å². The van der Waals surface area contributed by atoms with Gasteiger partial charge in [-0.3, -0.25) is 9.11 Å². The first-order valence-corrected chi connectivity index (χ1v) is 7.32. The summed E-state index contributed by atoms with van der Waals surface area (Å²) in [6, 6.07) is 0. The molecule has 1 rings (SSSR count). The lowest BCUT2D eigenvalue weighted by Gasteiger charge is -2.26. The molecule has 1 atom stereocenters. The number of hydrogen-bond donors (Lipinski definition) is 1. The molecule has 0 bridgehead atoms. The average Bonchev–Trinajstić information content (AvgIpc) is 2.24. The van der Waals surface area contributed by atoms with Crippen molar-refractivity contribution >= 4 is 10.8 Å². The van der Waals surface area contributed by atoms with E-state index < -0.39 is 10.8 Å². The molecule has 1 fully saturated rings. The maximum atomic E-state index is 10.8. The van der Waals surface area contributed by atoms with Gasteiger partial charge in [-0.1, -0.05) is 0 Å². The third kappa shape index (κ3) is 7.00. The zero-order valence-electron chi connectivity index (χ0n) is 9.54. The first-order chi connectivity index (χ1) is 7.29. The van der Waals surface area contributed by atoms with Crippen LogP contribution in [0.1, 0.15) is 6.42 Å². The molecule has 1 saturated heterocycles. The van der Waals surface area contributed by atoms with Gasteiger partial charge in [0, 0.05) is 49.0 Å². The van der Waals surface area contributed by atoms with E-state index in [1.165, 1.54) is 0 Å². The fourth-order valence-electron chi connectivity index (χ4n) is 1.59. The molecule has 0 aromatic heterocycles. The molecule has 1 aliphatic rings. The first-order valence-electron chi connectivity index (χ1n) is 5.60. The monoisotopic (exact) mass is 234 g/mol. The van der Waals surface area contributed by atoms with Crippen LogP contribution < -0.4 is 5.32 Å². The fourth-order valence-corrected chi connectivity index (χ4v) is 2.14. The van der Waals surface area contributed by atoms with Gasteiger partial charge in [0.2, 0.25) is 0 Å². The standard InChI is InChI=1S/C10H22N2O2S/c1-15(13)10-2-3-11-4-5-12-6-8-14-9-7-12/h11H,2-10H2,1H3. The molecule has 0 spiro atoms. The SMILES string of the molecule is CS(=O)CCCNCCN1CCOCC1. The summed E-state index contributed by atoms with van der Waals surface area (Å²) in [5.41, 5.74) is 0. The minimum absolute atomic E-state index is 0.642. The van der Waals surface area contributed by atoms with E-state index in [1.54, 1.807) is 6.26 Å². The topological polar surface area (TPSA) is 41.6 Å². The fraction of sp³-hybridized carbons (Fsp3) is 1.00. The Hall–Kier alpha value is 0.0300. The zero-order chi connectivity index (χ0) is 10.9. The Morgan fingerprint density at radius 3 is 2.73 bits per heavy atom. The van der Waals surface area contributed by atoms with Gasteiger partial charge in [0.1, 0.15) is 0 Å². The van der Waals surface area contributed by atoms with E-state index in [1.807, 2.05) is 0 Å². The van der Waals surface area contributed by atoms with Crippen LogP contribution >= 0.6 is 0 Å². The Balaban J connectivity index is 1.85. The molecule has 0 saturated carbocycles. The van der Waals surface area contributed by atoms with Gasteiger partial charge < -0.3 is 10.1 Å². The van der Waals surface area contributed by atoms with Crippen molar-refractivity contribution < 1.29 is 8.95 Å². The van der Waals surface area contributed by atoms with Crippen LogP contribution in [-0.4, -0.2) is 67.1 Å². The lowest BCUT2D eigenvalue weighted by Crippen LogP contribution is -2.40. The highest BCUT2D eigenvalue weighted by Crippen LogP contribution is 1.94. The van der Waals surface area contributed by atoms with Gasteiger partial charge in [-0.25, -0.2) is 0 Å². The second kappa shape index (κ2) is 8.21. The van der Waals surface area contributed by atoms with E-state index in [9.17, 15) is 4.21 Å². The maximum absolute atomic E-state index is 10.8. The van der Waals surface area contributed by atoms with Gasteiger partial charge in [0.15, 0.2) is 0 Å². The van der Waals surface area contributed by atoms with Crippen molar-refractivity contribution in [3.63, 3.8) is 0 Å². The molecule has 1 aliphatic heterocycles. The molecule has 15 heavy (non-hydrogen) atoms. The highest BCUT2D eigenvalue weighted by Gasteiger charge is 2.08. The summed E-state index contributed by atoms with van der Waals surface area (Å²) in [4.78, 5) is 2.41. The lowest BCUT2D eigenvalue weighted by atomic mass is 10.4. The summed E-state index contributed by atoms with van der Waals surface area (Å²) in [6.07, 6.45) is 2.76. The molecule has 0 aromatic rings. The van der Waals surface area contributed by atoms with Crippen LogP contribution in [0.3, 0.4) is 0 Å². The van der Waals surface area contributed by atoms with E-state index in [2.05, 4.69) is 10.2 Å². The van der Waals surface area contributed by atoms with Gasteiger partial charge in [0.05, 0.1) is 13.2 Å². The summed E-state index contributed by atoms with van der Waals surface area (Å²) in [5, 5.41) is 3.37. The van der Waals surface area contributed by atoms with Crippen molar-refractivity contribution in [2.24, 2.45) is 0 Å². The summed E-state index contributed by atoms with van der Waals surface area (Å²) in [5.74, 6) is 0.810. The van der Waals surface area contributed by atoms with Crippen molar-refractivity contribution in [2.75, 3.05) is 57.9 Å². The van der Waals surface area contributed by atoms with Crippen molar-refractivity contribution in [1.82, 2.24) is 10.2 Å². The molecule has 0 aliphatic carbocycles. The van der Waals surface area contributed by atoms with Crippen LogP contribution in [0.2, 0.25) is 0 Å². The first kappa shape index (κ1) is 13.1. The molecule has 1 unspecified atom stereocenters. The zero-order valence-corrected chi connectivity index (χ0v) is 10.4. The summed E-state index contributed by atoms with van der Waals surface area (Å²) in [6.45, 7) is 6.95. The molecular formula is C10H22N2O2S. The molecule has 1 heterocycles. The van der Waals surface area contributed by atoms with Crippen molar-refractivity contribution in [2.45, 2.75) is 6.42 Å². The molecule has 4 nitrogen and oxygen atoms in total. The molecule has 0 radical (unpaired) electrons. The van der Waals surface area contributed by atoms with Gasteiger partial charge in [-0.05, 0) is 13.0 Å². The van der Waals surface area contributed by atoms with E-state index in [4.69, 9.17) is 4.74 Å². The maximum Gasteiger partial charge on any atom is 0.0594 e. The summed E-state index contributed by atoms with van der Waals surface area (Å²) in [7, 11) is -0.642. The number of ether oxygens (including phenoxy) is 1. The van der Waals surface area contributed by atoms with Gasteiger partial charge in [-0.2, -0.15) is 0 Å². The molecular weight excluding hydrogens is 212 g/mol. The molecule has 90 valence electrons. The normalized spacial score (nSPS) is 20.3. The lowest BCUT2D eigenvalue weighted by molar-refractivity contribution is 0.0384. The largest absolute Gasteiger partial charge is 0.379 e. The number of rotatable bonds is 7. The Labute approximate surface area is 94.8 Å². The Bertz CT molecular complexity index is 184. The second-order valence-corrected chi connectivity index (χ2v) is 5.39. The Kier molecular flexibility index (Phi) is 7.17. The van der Waals surface area contributed by atoms with Crippen LogP contribution in [-0.2, 0) is 15.5 Å². The minimum atomic E-state index is -0.642. The van der Waals surface area contributed by atoms with Gasteiger partial charge >= 0.3 is 0 Å². The number of nitrogens with zero attached hydrogens (tertiary/aromatic N) is 1. The van der Waals surface area contributed by atoms with Crippen molar-refractivity contribution in [1.29, 1.82) is 0 Å². The predicted molar refractivity (Wildman–Crippen MR) is 63.7 cm³/mol. The number of nitrogens with one attached hydrogen (secondary N) is 1. The highest BCUT2D eigenvalue weighted by atomic mass is 32.2. The van der Waals surface area contributed by atoms with Crippen LogP contribution in [0.25, 0.3) is 0 Å². The summed E-state index contributed by atoms with van der Waals surface area (Å²) >= 11 is 0. The smallest absolute Gasteiger partial charge is 0.0594 e. The quantitative estimate of drug-likeness (QED) is 0.613. The number of hydrogen-bond acceptors (Lipinski definition) is 4.